The van der Waals surface area contributed by atoms with E-state index in [1.807, 2.05) is 84.9 Å². The second-order valence-corrected chi connectivity index (χ2v) is 7.38. The Labute approximate surface area is 184 Å². The number of carbonyl (C=O) groups is 2. The third-order valence-corrected chi connectivity index (χ3v) is 5.34. The molecule has 158 valence electrons. The van der Waals surface area contributed by atoms with E-state index in [2.05, 4.69) is 16.0 Å². The van der Waals surface area contributed by atoms with Gasteiger partial charge in [0.25, 0.3) is 5.91 Å². The zero-order valence-electron chi connectivity index (χ0n) is 17.1. The summed E-state index contributed by atoms with van der Waals surface area (Å²) >= 11 is 0. The van der Waals surface area contributed by atoms with Crippen molar-refractivity contribution in [3.63, 3.8) is 0 Å². The van der Waals surface area contributed by atoms with Crippen LogP contribution in [0.15, 0.2) is 91.1 Å². The molecule has 0 saturated carbocycles. The van der Waals surface area contributed by atoms with Crippen molar-refractivity contribution >= 4 is 11.8 Å². The summed E-state index contributed by atoms with van der Waals surface area (Å²) in [5.41, 5.74) is 8.38. The van der Waals surface area contributed by atoms with Gasteiger partial charge in [-0.2, -0.15) is 5.10 Å². The molecular weight excluding hydrogens is 404 g/mol. The predicted octanol–water partition coefficient (Wildman–Crippen LogP) is 3.48. The third-order valence-electron chi connectivity index (χ3n) is 5.34. The molecule has 2 N–H and O–H groups in total. The van der Waals surface area contributed by atoms with Crippen LogP contribution in [-0.2, 0) is 4.79 Å². The number of nitrogens with one attached hydrogen (secondary N) is 2. The summed E-state index contributed by atoms with van der Waals surface area (Å²) in [5.74, 6) is -0.576. The molecule has 0 bridgehead atoms. The van der Waals surface area contributed by atoms with Gasteiger partial charge in [0.2, 0.25) is 5.91 Å². The number of para-hydroxylation sites is 2. The quantitative estimate of drug-likeness (QED) is 0.491. The Kier molecular flexibility index (Phi) is 5.13. The Hall–Kier alpha value is -4.39. The molecule has 7 nitrogen and oxygen atoms in total. The number of fused-ring (bicyclic) bond motifs is 1. The fourth-order valence-electron chi connectivity index (χ4n) is 3.71. The Morgan fingerprint density at radius 3 is 2.34 bits per heavy atom. The molecule has 0 spiro atoms. The van der Waals surface area contributed by atoms with E-state index >= 15 is 0 Å². The number of hydrogen-bond donors (Lipinski definition) is 2. The number of aromatic nitrogens is 2. The van der Waals surface area contributed by atoms with E-state index in [1.54, 1.807) is 10.9 Å². The van der Waals surface area contributed by atoms with Crippen LogP contribution in [0, 0.1) is 0 Å². The van der Waals surface area contributed by atoms with Gasteiger partial charge < -0.3 is 4.74 Å². The van der Waals surface area contributed by atoms with Crippen LogP contribution in [0.4, 0.5) is 0 Å². The number of nitrogens with zero attached hydrogens (tertiary/aromatic N) is 2. The van der Waals surface area contributed by atoms with E-state index in [4.69, 9.17) is 4.74 Å². The maximum Gasteiger partial charge on any atom is 0.273 e. The van der Waals surface area contributed by atoms with Crippen molar-refractivity contribution < 1.29 is 14.3 Å². The van der Waals surface area contributed by atoms with Gasteiger partial charge in [0.15, 0.2) is 0 Å². The molecule has 1 aromatic heterocycles. The number of benzene rings is 3. The Balaban J connectivity index is 1.38. The number of amides is 2. The Bertz CT molecular complexity index is 1270. The second-order valence-electron chi connectivity index (χ2n) is 7.38. The highest BCUT2D eigenvalue weighted by Crippen LogP contribution is 2.33. The lowest BCUT2D eigenvalue weighted by Crippen LogP contribution is -2.44. The van der Waals surface area contributed by atoms with Crippen LogP contribution < -0.4 is 15.6 Å². The largest absolute Gasteiger partial charge is 0.492 e. The standard InChI is InChI=1S/C25H20N4O3/c30-24(26-27-25(31)21-16-32-22-14-8-7-13-19(21)22)20-15-29(18-11-5-2-6-12-18)28-23(20)17-9-3-1-4-10-17/h1-15,21H,16H2,(H,26,30)(H,27,31). The first kappa shape index (κ1) is 19.6. The minimum atomic E-state index is -0.480. The van der Waals surface area contributed by atoms with Crippen LogP contribution in [0.1, 0.15) is 21.8 Å². The monoisotopic (exact) mass is 424 g/mol. The van der Waals surface area contributed by atoms with E-state index in [1.165, 1.54) is 0 Å². The molecule has 1 aliphatic heterocycles. The number of hydrazine groups is 1. The second kappa shape index (κ2) is 8.39. The summed E-state index contributed by atoms with van der Waals surface area (Å²) in [6.07, 6.45) is 1.66. The number of ether oxygens (including phenoxy) is 1. The molecule has 7 heteroatoms. The molecule has 0 radical (unpaired) electrons. The van der Waals surface area contributed by atoms with Crippen molar-refractivity contribution in [2.24, 2.45) is 0 Å². The van der Waals surface area contributed by atoms with E-state index in [-0.39, 0.29) is 12.5 Å². The van der Waals surface area contributed by atoms with Crippen molar-refractivity contribution in [1.82, 2.24) is 20.6 Å². The van der Waals surface area contributed by atoms with Crippen molar-refractivity contribution in [2.45, 2.75) is 5.92 Å². The fourth-order valence-corrected chi connectivity index (χ4v) is 3.71. The minimum absolute atomic E-state index is 0.238. The molecular formula is C25H20N4O3. The fraction of sp³-hybridized carbons (Fsp3) is 0.0800. The molecule has 1 atom stereocenters. The molecule has 0 saturated heterocycles. The summed E-state index contributed by atoms with van der Waals surface area (Å²) in [7, 11) is 0. The molecule has 2 amide bonds. The van der Waals surface area contributed by atoms with E-state index in [0.29, 0.717) is 17.0 Å². The first-order valence-electron chi connectivity index (χ1n) is 10.2. The smallest absolute Gasteiger partial charge is 0.273 e. The lowest BCUT2D eigenvalue weighted by Gasteiger charge is -2.11. The minimum Gasteiger partial charge on any atom is -0.492 e. The average molecular weight is 424 g/mol. The van der Waals surface area contributed by atoms with Gasteiger partial charge in [-0.15, -0.1) is 0 Å². The van der Waals surface area contributed by atoms with Gasteiger partial charge in [-0.05, 0) is 18.2 Å². The molecule has 1 unspecified atom stereocenters. The molecule has 5 rings (SSSR count). The van der Waals surface area contributed by atoms with Crippen LogP contribution >= 0.6 is 0 Å². The van der Waals surface area contributed by atoms with Crippen molar-refractivity contribution in [2.75, 3.05) is 6.61 Å². The van der Waals surface area contributed by atoms with Gasteiger partial charge in [-0.1, -0.05) is 66.7 Å². The van der Waals surface area contributed by atoms with E-state index < -0.39 is 11.8 Å². The van der Waals surface area contributed by atoms with Gasteiger partial charge in [-0.25, -0.2) is 4.68 Å². The van der Waals surface area contributed by atoms with Gasteiger partial charge >= 0.3 is 0 Å². The van der Waals surface area contributed by atoms with E-state index in [9.17, 15) is 9.59 Å². The summed E-state index contributed by atoms with van der Waals surface area (Å²) in [4.78, 5) is 25.7. The highest BCUT2D eigenvalue weighted by molar-refractivity contribution is 6.01. The van der Waals surface area contributed by atoms with Crippen LogP contribution in [0.3, 0.4) is 0 Å². The van der Waals surface area contributed by atoms with Crippen molar-refractivity contribution in [3.05, 3.63) is 102 Å². The zero-order chi connectivity index (χ0) is 21.9. The summed E-state index contributed by atoms with van der Waals surface area (Å²) in [6, 6.07) is 26.4. The highest BCUT2D eigenvalue weighted by atomic mass is 16.5. The topological polar surface area (TPSA) is 85.3 Å². The molecule has 1 aliphatic rings. The molecule has 2 heterocycles. The highest BCUT2D eigenvalue weighted by Gasteiger charge is 2.30. The van der Waals surface area contributed by atoms with Gasteiger partial charge in [0.05, 0.1) is 11.3 Å². The maximum atomic E-state index is 13.0. The Morgan fingerprint density at radius 1 is 0.875 bits per heavy atom. The van der Waals surface area contributed by atoms with Crippen molar-refractivity contribution in [1.29, 1.82) is 0 Å². The zero-order valence-corrected chi connectivity index (χ0v) is 17.1. The SMILES string of the molecule is O=C(NNC(=O)C1COc2ccccc21)c1cn(-c2ccccc2)nc1-c1ccccc1. The number of hydrogen-bond acceptors (Lipinski definition) is 4. The van der Waals surface area contributed by atoms with Gasteiger partial charge in [-0.3, -0.25) is 20.4 Å². The van der Waals surface area contributed by atoms with Gasteiger partial charge in [0.1, 0.15) is 24.0 Å². The van der Waals surface area contributed by atoms with Crippen LogP contribution in [0.25, 0.3) is 16.9 Å². The molecule has 3 aromatic carbocycles. The summed E-state index contributed by atoms with van der Waals surface area (Å²) in [5, 5.41) is 4.63. The summed E-state index contributed by atoms with van der Waals surface area (Å²) in [6.45, 7) is 0.238. The van der Waals surface area contributed by atoms with E-state index in [0.717, 1.165) is 16.8 Å². The number of rotatable bonds is 4. The van der Waals surface area contributed by atoms with Gasteiger partial charge in [0, 0.05) is 17.3 Å². The molecule has 0 fully saturated rings. The lowest BCUT2D eigenvalue weighted by atomic mass is 10.0. The maximum absolute atomic E-state index is 13.0. The van der Waals surface area contributed by atoms with Crippen molar-refractivity contribution in [3.8, 4) is 22.7 Å². The molecule has 0 aliphatic carbocycles. The van der Waals surface area contributed by atoms with Crippen LogP contribution in [0.5, 0.6) is 5.75 Å². The summed E-state index contributed by atoms with van der Waals surface area (Å²) < 4.78 is 7.22. The Morgan fingerprint density at radius 2 is 1.56 bits per heavy atom. The lowest BCUT2D eigenvalue weighted by molar-refractivity contribution is -0.123. The molecule has 32 heavy (non-hydrogen) atoms. The van der Waals surface area contributed by atoms with Crippen LogP contribution in [0.2, 0.25) is 0 Å². The molecule has 4 aromatic rings. The first-order chi connectivity index (χ1) is 15.7. The predicted molar refractivity (Wildman–Crippen MR) is 119 cm³/mol. The van der Waals surface area contributed by atoms with Crippen LogP contribution in [-0.4, -0.2) is 28.2 Å². The third kappa shape index (κ3) is 3.72. The average Bonchev–Trinajstić information content (AvgIpc) is 3.49. The number of carbonyl (C=O) groups excluding carboxylic acids is 2. The normalized spacial score (nSPS) is 14.3. The first-order valence-corrected chi connectivity index (χ1v) is 10.2.